The SMILES string of the molecule is Cc1cc(NC(=N)N(C)C2C=CON2)ccn1. The molecule has 2 rings (SSSR count). The summed E-state index contributed by atoms with van der Waals surface area (Å²) in [6.45, 7) is 1.91. The Hall–Kier alpha value is -2.08. The van der Waals surface area contributed by atoms with Crippen LogP contribution in [-0.2, 0) is 4.84 Å². The van der Waals surface area contributed by atoms with E-state index < -0.39 is 0 Å². The molecule has 0 aromatic carbocycles. The van der Waals surface area contributed by atoms with Crippen LogP contribution in [0.5, 0.6) is 0 Å². The molecule has 0 saturated carbocycles. The molecule has 0 aliphatic carbocycles. The van der Waals surface area contributed by atoms with E-state index >= 15 is 0 Å². The molecule has 1 aromatic heterocycles. The molecular weight excluding hydrogens is 218 g/mol. The van der Waals surface area contributed by atoms with Gasteiger partial charge >= 0.3 is 0 Å². The Kier molecular flexibility index (Phi) is 3.24. The van der Waals surface area contributed by atoms with E-state index in [0.29, 0.717) is 0 Å². The van der Waals surface area contributed by atoms with Crippen molar-refractivity contribution in [3.8, 4) is 0 Å². The normalized spacial score (nSPS) is 17.6. The zero-order chi connectivity index (χ0) is 12.3. The van der Waals surface area contributed by atoms with Crippen LogP contribution in [0.3, 0.4) is 0 Å². The van der Waals surface area contributed by atoms with E-state index in [9.17, 15) is 0 Å². The first-order valence-electron chi connectivity index (χ1n) is 5.26. The predicted molar refractivity (Wildman–Crippen MR) is 65.2 cm³/mol. The van der Waals surface area contributed by atoms with Crippen LogP contribution in [0, 0.1) is 12.3 Å². The Balaban J connectivity index is 1.98. The number of nitrogens with one attached hydrogen (secondary N) is 3. The lowest BCUT2D eigenvalue weighted by Gasteiger charge is -2.25. The van der Waals surface area contributed by atoms with Gasteiger partial charge in [0.15, 0.2) is 5.96 Å². The van der Waals surface area contributed by atoms with Gasteiger partial charge in [0.05, 0.1) is 0 Å². The average Bonchev–Trinajstić information content (AvgIpc) is 2.81. The molecule has 0 radical (unpaired) electrons. The van der Waals surface area contributed by atoms with Crippen molar-refractivity contribution in [1.29, 1.82) is 5.41 Å². The van der Waals surface area contributed by atoms with Gasteiger partial charge in [-0.2, -0.15) is 0 Å². The van der Waals surface area contributed by atoms with Crippen molar-refractivity contribution in [2.75, 3.05) is 12.4 Å². The Morgan fingerprint density at radius 2 is 2.47 bits per heavy atom. The molecule has 0 saturated heterocycles. The number of nitrogens with zero attached hydrogens (tertiary/aromatic N) is 2. The maximum atomic E-state index is 7.93. The second-order valence-electron chi connectivity index (χ2n) is 3.78. The van der Waals surface area contributed by atoms with Gasteiger partial charge in [-0.1, -0.05) is 0 Å². The van der Waals surface area contributed by atoms with Gasteiger partial charge in [-0.05, 0) is 25.1 Å². The lowest BCUT2D eigenvalue weighted by Crippen LogP contribution is -2.44. The maximum absolute atomic E-state index is 7.93. The molecule has 0 spiro atoms. The summed E-state index contributed by atoms with van der Waals surface area (Å²) in [5, 5.41) is 10.9. The summed E-state index contributed by atoms with van der Waals surface area (Å²) in [6.07, 6.45) is 4.97. The van der Waals surface area contributed by atoms with Crippen molar-refractivity contribution in [3.05, 3.63) is 36.4 Å². The Morgan fingerprint density at radius 3 is 3.12 bits per heavy atom. The second kappa shape index (κ2) is 4.84. The number of hydrogen-bond acceptors (Lipinski definition) is 4. The standard InChI is InChI=1S/C11H15N5O/c1-8-7-9(3-5-13-8)14-11(12)16(2)10-4-6-17-15-10/h3-7,10,15H,1-2H3,(H2,12,13,14). The van der Waals surface area contributed by atoms with Crippen molar-refractivity contribution in [2.24, 2.45) is 0 Å². The van der Waals surface area contributed by atoms with Crippen LogP contribution in [-0.4, -0.2) is 29.1 Å². The molecule has 1 aromatic rings. The van der Waals surface area contributed by atoms with Gasteiger partial charge in [0.1, 0.15) is 12.4 Å². The van der Waals surface area contributed by atoms with Gasteiger partial charge in [0, 0.05) is 24.6 Å². The van der Waals surface area contributed by atoms with Gasteiger partial charge in [-0.15, -0.1) is 5.48 Å². The summed E-state index contributed by atoms with van der Waals surface area (Å²) in [5.74, 6) is 0.281. The van der Waals surface area contributed by atoms with E-state index in [1.807, 2.05) is 25.1 Å². The number of guanidine groups is 1. The van der Waals surface area contributed by atoms with Gasteiger partial charge in [-0.25, -0.2) is 0 Å². The summed E-state index contributed by atoms with van der Waals surface area (Å²) < 4.78 is 0. The van der Waals surface area contributed by atoms with Crippen LogP contribution in [0.1, 0.15) is 5.69 Å². The highest BCUT2D eigenvalue weighted by atomic mass is 16.6. The molecule has 2 heterocycles. The number of aryl methyl sites for hydroxylation is 1. The first-order valence-corrected chi connectivity index (χ1v) is 5.26. The van der Waals surface area contributed by atoms with Gasteiger partial charge in [-0.3, -0.25) is 10.4 Å². The highest BCUT2D eigenvalue weighted by Crippen LogP contribution is 2.09. The maximum Gasteiger partial charge on any atom is 0.196 e. The van der Waals surface area contributed by atoms with Crippen LogP contribution in [0.4, 0.5) is 5.69 Å². The third-order valence-corrected chi connectivity index (χ3v) is 2.45. The fourth-order valence-electron chi connectivity index (χ4n) is 1.46. The number of aromatic nitrogens is 1. The molecule has 0 fully saturated rings. The smallest absolute Gasteiger partial charge is 0.196 e. The minimum absolute atomic E-state index is 0.127. The lowest BCUT2D eigenvalue weighted by atomic mass is 10.3. The number of rotatable bonds is 2. The van der Waals surface area contributed by atoms with E-state index in [1.54, 1.807) is 24.4 Å². The van der Waals surface area contributed by atoms with E-state index in [-0.39, 0.29) is 12.1 Å². The Morgan fingerprint density at radius 1 is 1.65 bits per heavy atom. The number of hydroxylamine groups is 1. The minimum atomic E-state index is -0.127. The highest BCUT2D eigenvalue weighted by molar-refractivity contribution is 5.91. The quantitative estimate of drug-likeness (QED) is 0.526. The average molecular weight is 233 g/mol. The number of anilines is 1. The molecule has 3 N–H and O–H groups in total. The van der Waals surface area contributed by atoms with Crippen molar-refractivity contribution < 1.29 is 4.84 Å². The summed E-state index contributed by atoms with van der Waals surface area (Å²) in [6, 6.07) is 3.71. The van der Waals surface area contributed by atoms with Crippen molar-refractivity contribution in [2.45, 2.75) is 13.1 Å². The first-order chi connectivity index (χ1) is 8.16. The fourth-order valence-corrected chi connectivity index (χ4v) is 1.46. The van der Waals surface area contributed by atoms with Crippen LogP contribution < -0.4 is 10.8 Å². The van der Waals surface area contributed by atoms with Gasteiger partial charge in [0.2, 0.25) is 0 Å². The van der Waals surface area contributed by atoms with E-state index in [2.05, 4.69) is 15.8 Å². The first kappa shape index (κ1) is 11.4. The van der Waals surface area contributed by atoms with Crippen molar-refractivity contribution >= 4 is 11.6 Å². The van der Waals surface area contributed by atoms with Crippen molar-refractivity contribution in [3.63, 3.8) is 0 Å². The molecule has 17 heavy (non-hydrogen) atoms. The number of pyridine rings is 1. The van der Waals surface area contributed by atoms with Gasteiger partial charge < -0.3 is 15.1 Å². The van der Waals surface area contributed by atoms with Crippen LogP contribution in [0.25, 0.3) is 0 Å². The minimum Gasteiger partial charge on any atom is -0.414 e. The zero-order valence-electron chi connectivity index (χ0n) is 9.77. The van der Waals surface area contributed by atoms with Gasteiger partial charge in [0.25, 0.3) is 0 Å². The zero-order valence-corrected chi connectivity index (χ0v) is 9.77. The number of likely N-dealkylation sites (N-methyl/N-ethyl adjacent to an activating group) is 1. The lowest BCUT2D eigenvalue weighted by molar-refractivity contribution is 0.107. The molecule has 6 heteroatoms. The summed E-state index contributed by atoms with van der Waals surface area (Å²) in [4.78, 5) is 10.7. The summed E-state index contributed by atoms with van der Waals surface area (Å²) in [5.41, 5.74) is 4.51. The molecule has 1 atom stereocenters. The molecule has 90 valence electrons. The third kappa shape index (κ3) is 2.73. The molecule has 6 nitrogen and oxygen atoms in total. The molecule has 1 unspecified atom stereocenters. The Bertz CT molecular complexity index is 445. The van der Waals surface area contributed by atoms with E-state index in [4.69, 9.17) is 10.2 Å². The fraction of sp³-hybridized carbons (Fsp3) is 0.273. The summed E-state index contributed by atoms with van der Waals surface area (Å²) >= 11 is 0. The molecule has 1 aliphatic heterocycles. The monoisotopic (exact) mass is 233 g/mol. The van der Waals surface area contributed by atoms with E-state index in [1.165, 1.54) is 0 Å². The second-order valence-corrected chi connectivity index (χ2v) is 3.78. The van der Waals surface area contributed by atoms with E-state index in [0.717, 1.165) is 11.4 Å². The largest absolute Gasteiger partial charge is 0.414 e. The Labute approximate surface area is 99.8 Å². The molecule has 0 amide bonds. The molecule has 0 bridgehead atoms. The number of hydrogen-bond donors (Lipinski definition) is 3. The topological polar surface area (TPSA) is 73.3 Å². The third-order valence-electron chi connectivity index (χ3n) is 2.45. The van der Waals surface area contributed by atoms with Crippen LogP contribution >= 0.6 is 0 Å². The van der Waals surface area contributed by atoms with Crippen molar-refractivity contribution in [1.82, 2.24) is 15.4 Å². The molecular formula is C11H15N5O. The molecule has 1 aliphatic rings. The van der Waals surface area contributed by atoms with Crippen LogP contribution in [0.15, 0.2) is 30.7 Å². The predicted octanol–water partition coefficient (Wildman–Crippen LogP) is 1.04. The summed E-state index contributed by atoms with van der Waals surface area (Å²) in [7, 11) is 1.81. The van der Waals surface area contributed by atoms with Crippen LogP contribution in [0.2, 0.25) is 0 Å². The highest BCUT2D eigenvalue weighted by Gasteiger charge is 2.18.